The van der Waals surface area contributed by atoms with E-state index >= 15 is 0 Å². The van der Waals surface area contributed by atoms with E-state index in [1.165, 1.54) is 6.20 Å². The molecule has 1 unspecified atom stereocenters. The third-order valence-corrected chi connectivity index (χ3v) is 1.70. The molecule has 1 aromatic heterocycles. The van der Waals surface area contributed by atoms with Gasteiger partial charge in [-0.05, 0) is 13.8 Å². The van der Waals surface area contributed by atoms with Crippen molar-refractivity contribution < 1.29 is 14.6 Å². The smallest absolute Gasteiger partial charge is 0.339 e. The number of carbonyl (C=O) groups is 1. The van der Waals surface area contributed by atoms with Gasteiger partial charge in [0.1, 0.15) is 0 Å². The first-order valence-corrected chi connectivity index (χ1v) is 4.24. The van der Waals surface area contributed by atoms with Crippen molar-refractivity contribution in [3.8, 4) is 18.4 Å². The molecule has 5 heteroatoms. The molecule has 0 spiro atoms. The molecule has 0 aromatic carbocycles. The molecule has 1 N–H and O–H groups in total. The van der Waals surface area contributed by atoms with Crippen molar-refractivity contribution >= 4 is 5.97 Å². The molecule has 1 heterocycles. The highest BCUT2D eigenvalue weighted by Crippen LogP contribution is 2.09. The molecule has 0 aliphatic rings. The number of hydrogen-bond donors (Lipinski definition) is 1. The maximum absolute atomic E-state index is 10.7. The number of rotatable bonds is 3. The standard InChI is InChI=1S/C10H10N2O3/c1-4-6(2)15-10-11-5-8(9(13)14)7(3)12-10/h1,5-6H,2-3H3,(H,13,14). The van der Waals surface area contributed by atoms with Crippen LogP contribution in [0.15, 0.2) is 6.20 Å². The van der Waals surface area contributed by atoms with Crippen LogP contribution in [0.5, 0.6) is 6.01 Å². The summed E-state index contributed by atoms with van der Waals surface area (Å²) in [5.74, 6) is 1.29. The van der Waals surface area contributed by atoms with Crippen LogP contribution >= 0.6 is 0 Å². The first kappa shape index (κ1) is 11.0. The molecule has 0 aliphatic carbocycles. The van der Waals surface area contributed by atoms with Crippen LogP contribution < -0.4 is 4.74 Å². The second-order valence-corrected chi connectivity index (χ2v) is 2.88. The number of hydrogen-bond acceptors (Lipinski definition) is 4. The van der Waals surface area contributed by atoms with Gasteiger partial charge < -0.3 is 9.84 Å². The molecule has 5 nitrogen and oxygen atoms in total. The van der Waals surface area contributed by atoms with Crippen LogP contribution in [-0.2, 0) is 0 Å². The molecule has 0 fully saturated rings. The Kier molecular flexibility index (Phi) is 3.24. The third-order valence-electron chi connectivity index (χ3n) is 1.70. The molecule has 0 aliphatic heterocycles. The van der Waals surface area contributed by atoms with Gasteiger partial charge in [-0.3, -0.25) is 0 Å². The van der Waals surface area contributed by atoms with Gasteiger partial charge >= 0.3 is 12.0 Å². The Morgan fingerprint density at radius 3 is 2.87 bits per heavy atom. The van der Waals surface area contributed by atoms with Crippen molar-refractivity contribution in [3.63, 3.8) is 0 Å². The minimum absolute atomic E-state index is 0.0516. The highest BCUT2D eigenvalue weighted by Gasteiger charge is 2.11. The Bertz CT molecular complexity index is 423. The van der Waals surface area contributed by atoms with Crippen LogP contribution in [0.3, 0.4) is 0 Å². The van der Waals surface area contributed by atoms with E-state index in [1.54, 1.807) is 13.8 Å². The molecule has 78 valence electrons. The summed E-state index contributed by atoms with van der Waals surface area (Å²) >= 11 is 0. The monoisotopic (exact) mass is 206 g/mol. The maximum Gasteiger partial charge on any atom is 0.339 e. The summed E-state index contributed by atoms with van der Waals surface area (Å²) < 4.78 is 5.13. The molecule has 1 rings (SSSR count). The zero-order valence-electron chi connectivity index (χ0n) is 8.39. The number of aromatic nitrogens is 2. The molecular weight excluding hydrogens is 196 g/mol. The quantitative estimate of drug-likeness (QED) is 0.743. The lowest BCUT2D eigenvalue weighted by Crippen LogP contribution is -2.12. The van der Waals surface area contributed by atoms with Gasteiger partial charge in [0, 0.05) is 6.20 Å². The number of carboxylic acids is 1. The SMILES string of the molecule is C#CC(C)Oc1ncc(C(=O)O)c(C)n1. The molecule has 1 atom stereocenters. The van der Waals surface area contributed by atoms with E-state index in [-0.39, 0.29) is 11.6 Å². The van der Waals surface area contributed by atoms with Crippen molar-refractivity contribution in [3.05, 3.63) is 17.5 Å². The van der Waals surface area contributed by atoms with E-state index in [0.29, 0.717) is 5.69 Å². The van der Waals surface area contributed by atoms with E-state index in [4.69, 9.17) is 16.3 Å². The average molecular weight is 206 g/mol. The number of ether oxygens (including phenoxy) is 1. The molecule has 15 heavy (non-hydrogen) atoms. The summed E-state index contributed by atoms with van der Waals surface area (Å²) in [5.41, 5.74) is 0.396. The van der Waals surface area contributed by atoms with Crippen LogP contribution in [0, 0.1) is 19.3 Å². The minimum atomic E-state index is -1.07. The van der Waals surface area contributed by atoms with E-state index in [9.17, 15) is 4.79 Å². The lowest BCUT2D eigenvalue weighted by Gasteiger charge is -2.07. The van der Waals surface area contributed by atoms with Crippen molar-refractivity contribution in [2.45, 2.75) is 20.0 Å². The third kappa shape index (κ3) is 2.68. The second kappa shape index (κ2) is 4.42. The van der Waals surface area contributed by atoms with Crippen molar-refractivity contribution in [1.82, 2.24) is 9.97 Å². The number of aryl methyl sites for hydroxylation is 1. The number of terminal acetylenes is 1. The van der Waals surface area contributed by atoms with Gasteiger partial charge in [0.15, 0.2) is 6.10 Å². The lowest BCUT2D eigenvalue weighted by molar-refractivity contribution is 0.0695. The molecular formula is C10H10N2O3. The van der Waals surface area contributed by atoms with E-state index in [0.717, 1.165) is 0 Å². The van der Waals surface area contributed by atoms with Crippen molar-refractivity contribution in [2.75, 3.05) is 0 Å². The highest BCUT2D eigenvalue weighted by atomic mass is 16.5. The average Bonchev–Trinajstić information content (AvgIpc) is 2.17. The Balaban J connectivity index is 2.93. The Morgan fingerprint density at radius 2 is 2.40 bits per heavy atom. The Morgan fingerprint density at radius 1 is 1.73 bits per heavy atom. The number of aromatic carboxylic acids is 1. The van der Waals surface area contributed by atoms with Crippen LogP contribution in [0.1, 0.15) is 23.0 Å². The van der Waals surface area contributed by atoms with Gasteiger partial charge in [-0.1, -0.05) is 5.92 Å². The minimum Gasteiger partial charge on any atom is -0.478 e. The summed E-state index contributed by atoms with van der Waals surface area (Å²) in [6.45, 7) is 3.24. The van der Waals surface area contributed by atoms with Crippen LogP contribution in [0.2, 0.25) is 0 Å². The van der Waals surface area contributed by atoms with E-state index in [2.05, 4.69) is 15.9 Å². The lowest BCUT2D eigenvalue weighted by atomic mass is 10.2. The summed E-state index contributed by atoms with van der Waals surface area (Å²) in [6.07, 6.45) is 5.86. The highest BCUT2D eigenvalue weighted by molar-refractivity contribution is 5.88. The van der Waals surface area contributed by atoms with Crippen molar-refractivity contribution in [1.29, 1.82) is 0 Å². The van der Waals surface area contributed by atoms with Gasteiger partial charge in [0.25, 0.3) is 0 Å². The summed E-state index contributed by atoms with van der Waals surface area (Å²) in [7, 11) is 0. The molecule has 0 saturated carbocycles. The zero-order chi connectivity index (χ0) is 11.4. The second-order valence-electron chi connectivity index (χ2n) is 2.88. The predicted octanol–water partition coefficient (Wildman–Crippen LogP) is 0.884. The van der Waals surface area contributed by atoms with E-state index in [1.807, 2.05) is 0 Å². The molecule has 1 aromatic rings. The predicted molar refractivity (Wildman–Crippen MR) is 52.7 cm³/mol. The Hall–Kier alpha value is -2.09. The van der Waals surface area contributed by atoms with Crippen molar-refractivity contribution in [2.24, 2.45) is 0 Å². The topological polar surface area (TPSA) is 72.3 Å². The van der Waals surface area contributed by atoms with Gasteiger partial charge in [-0.15, -0.1) is 6.42 Å². The zero-order valence-corrected chi connectivity index (χ0v) is 8.39. The fraction of sp³-hybridized carbons (Fsp3) is 0.300. The van der Waals surface area contributed by atoms with Crippen LogP contribution in [0.4, 0.5) is 0 Å². The Labute approximate surface area is 87.1 Å². The summed E-state index contributed by atoms with van der Waals surface area (Å²) in [5, 5.41) is 8.73. The van der Waals surface area contributed by atoms with E-state index < -0.39 is 12.1 Å². The number of carboxylic acid groups (broad SMARTS) is 1. The fourth-order valence-electron chi connectivity index (χ4n) is 0.905. The first-order chi connectivity index (χ1) is 7.04. The normalized spacial score (nSPS) is 11.5. The van der Waals surface area contributed by atoms with Gasteiger partial charge in [-0.2, -0.15) is 4.98 Å². The summed E-state index contributed by atoms with van der Waals surface area (Å²) in [4.78, 5) is 18.3. The van der Waals surface area contributed by atoms with Crippen LogP contribution in [-0.4, -0.2) is 27.1 Å². The van der Waals surface area contributed by atoms with Gasteiger partial charge in [0.2, 0.25) is 0 Å². The molecule has 0 saturated heterocycles. The maximum atomic E-state index is 10.7. The van der Waals surface area contributed by atoms with Gasteiger partial charge in [-0.25, -0.2) is 9.78 Å². The first-order valence-electron chi connectivity index (χ1n) is 4.24. The number of nitrogens with zero attached hydrogens (tertiary/aromatic N) is 2. The van der Waals surface area contributed by atoms with Gasteiger partial charge in [0.05, 0.1) is 11.3 Å². The molecule has 0 bridgehead atoms. The largest absolute Gasteiger partial charge is 0.478 e. The molecule has 0 amide bonds. The molecule has 0 radical (unpaired) electrons. The summed E-state index contributed by atoms with van der Waals surface area (Å²) in [6, 6.07) is 0.0861. The van der Waals surface area contributed by atoms with Crippen LogP contribution in [0.25, 0.3) is 0 Å². The fourth-order valence-corrected chi connectivity index (χ4v) is 0.905.